The molecular weight excluding hydrogens is 224 g/mol. The summed E-state index contributed by atoms with van der Waals surface area (Å²) in [6.07, 6.45) is 5.56. The molecule has 0 unspecified atom stereocenters. The molecule has 0 bridgehead atoms. The highest BCUT2D eigenvalue weighted by Gasteiger charge is 2.18. The number of rotatable bonds is 10. The number of carbonyl (C=O) groups is 1. The molecule has 0 aliphatic rings. The molecule has 0 atom stereocenters. The van der Waals surface area contributed by atoms with Crippen LogP contribution in [0.4, 0.5) is 0 Å². The van der Waals surface area contributed by atoms with Crippen LogP contribution >= 0.6 is 0 Å². The first kappa shape index (κ1) is 17.4. The van der Waals surface area contributed by atoms with E-state index < -0.39 is 0 Å². The first-order valence-electron chi connectivity index (χ1n) is 7.37. The van der Waals surface area contributed by atoms with Crippen molar-refractivity contribution < 1.29 is 4.79 Å². The van der Waals surface area contributed by atoms with Crippen LogP contribution in [0.25, 0.3) is 0 Å². The summed E-state index contributed by atoms with van der Waals surface area (Å²) in [4.78, 5) is 11.7. The van der Waals surface area contributed by atoms with Gasteiger partial charge >= 0.3 is 0 Å². The minimum atomic E-state index is 0.159. The SMILES string of the molecule is CCCCCC(C)(C)CNC(=O)CCNC(C)C. The lowest BCUT2D eigenvalue weighted by Gasteiger charge is -2.25. The van der Waals surface area contributed by atoms with Crippen LogP contribution in [0.1, 0.15) is 66.7 Å². The largest absolute Gasteiger partial charge is 0.356 e. The summed E-state index contributed by atoms with van der Waals surface area (Å²) in [5, 5.41) is 6.30. The number of hydrogen-bond acceptors (Lipinski definition) is 2. The Kier molecular flexibility index (Phi) is 9.08. The molecule has 2 N–H and O–H groups in total. The Morgan fingerprint density at radius 3 is 2.44 bits per heavy atom. The topological polar surface area (TPSA) is 41.1 Å². The molecule has 0 saturated heterocycles. The predicted molar refractivity (Wildman–Crippen MR) is 78.7 cm³/mol. The Labute approximate surface area is 113 Å². The van der Waals surface area contributed by atoms with E-state index in [9.17, 15) is 4.79 Å². The number of amides is 1. The van der Waals surface area contributed by atoms with Gasteiger partial charge in [0.2, 0.25) is 5.91 Å². The lowest BCUT2D eigenvalue weighted by molar-refractivity contribution is -0.121. The van der Waals surface area contributed by atoms with E-state index in [1.54, 1.807) is 0 Å². The van der Waals surface area contributed by atoms with Crippen LogP contribution in [0.3, 0.4) is 0 Å². The fourth-order valence-electron chi connectivity index (χ4n) is 1.84. The fraction of sp³-hybridized carbons (Fsp3) is 0.933. The third-order valence-electron chi connectivity index (χ3n) is 3.13. The quantitative estimate of drug-likeness (QED) is 0.590. The van der Waals surface area contributed by atoms with Gasteiger partial charge in [0, 0.05) is 25.6 Å². The Balaban J connectivity index is 3.68. The number of nitrogens with one attached hydrogen (secondary N) is 2. The number of hydrogen-bond donors (Lipinski definition) is 2. The zero-order valence-corrected chi connectivity index (χ0v) is 12.9. The van der Waals surface area contributed by atoms with Gasteiger partial charge < -0.3 is 10.6 Å². The maximum atomic E-state index is 11.7. The molecule has 1 amide bonds. The van der Waals surface area contributed by atoms with E-state index in [0.29, 0.717) is 12.5 Å². The summed E-state index contributed by atoms with van der Waals surface area (Å²) >= 11 is 0. The maximum Gasteiger partial charge on any atom is 0.221 e. The van der Waals surface area contributed by atoms with Crippen molar-refractivity contribution in [2.75, 3.05) is 13.1 Å². The molecule has 108 valence electrons. The van der Waals surface area contributed by atoms with Gasteiger partial charge in [-0.15, -0.1) is 0 Å². The van der Waals surface area contributed by atoms with Crippen molar-refractivity contribution in [3.63, 3.8) is 0 Å². The Hall–Kier alpha value is -0.570. The van der Waals surface area contributed by atoms with E-state index in [1.807, 2.05) is 0 Å². The van der Waals surface area contributed by atoms with E-state index in [1.165, 1.54) is 25.7 Å². The summed E-state index contributed by atoms with van der Waals surface area (Å²) in [6, 6.07) is 0.447. The van der Waals surface area contributed by atoms with E-state index >= 15 is 0 Å². The molecule has 0 heterocycles. The van der Waals surface area contributed by atoms with Crippen LogP contribution < -0.4 is 10.6 Å². The van der Waals surface area contributed by atoms with Crippen molar-refractivity contribution in [1.82, 2.24) is 10.6 Å². The van der Waals surface area contributed by atoms with Crippen LogP contribution in [-0.2, 0) is 4.79 Å². The first-order chi connectivity index (χ1) is 8.37. The highest BCUT2D eigenvalue weighted by atomic mass is 16.1. The van der Waals surface area contributed by atoms with Crippen LogP contribution in [0.2, 0.25) is 0 Å². The molecule has 3 nitrogen and oxygen atoms in total. The Bertz CT molecular complexity index is 225. The van der Waals surface area contributed by atoms with Crippen molar-refractivity contribution in [2.24, 2.45) is 5.41 Å². The van der Waals surface area contributed by atoms with Gasteiger partial charge in [-0.2, -0.15) is 0 Å². The number of unbranched alkanes of at least 4 members (excludes halogenated alkanes) is 2. The highest BCUT2D eigenvalue weighted by molar-refractivity contribution is 5.76. The molecule has 18 heavy (non-hydrogen) atoms. The van der Waals surface area contributed by atoms with Crippen LogP contribution in [0, 0.1) is 5.41 Å². The second-order valence-corrected chi connectivity index (χ2v) is 6.26. The second kappa shape index (κ2) is 9.37. The average molecular weight is 256 g/mol. The minimum absolute atomic E-state index is 0.159. The average Bonchev–Trinajstić information content (AvgIpc) is 2.26. The van der Waals surface area contributed by atoms with Gasteiger partial charge in [0.05, 0.1) is 0 Å². The molecule has 0 aromatic carbocycles. The molecule has 0 aliphatic carbocycles. The van der Waals surface area contributed by atoms with E-state index in [-0.39, 0.29) is 11.3 Å². The molecular formula is C15H32N2O. The predicted octanol–water partition coefficient (Wildman–Crippen LogP) is 3.10. The molecule has 0 saturated carbocycles. The van der Waals surface area contributed by atoms with Gasteiger partial charge in [-0.05, 0) is 11.8 Å². The lowest BCUT2D eigenvalue weighted by Crippen LogP contribution is -2.36. The highest BCUT2D eigenvalue weighted by Crippen LogP contribution is 2.22. The Morgan fingerprint density at radius 2 is 1.89 bits per heavy atom. The summed E-state index contributed by atoms with van der Waals surface area (Å²) in [6.45, 7) is 12.4. The van der Waals surface area contributed by atoms with Crippen molar-refractivity contribution in [3.8, 4) is 0 Å². The van der Waals surface area contributed by atoms with Crippen molar-refractivity contribution in [2.45, 2.75) is 72.8 Å². The monoisotopic (exact) mass is 256 g/mol. The van der Waals surface area contributed by atoms with Crippen molar-refractivity contribution >= 4 is 5.91 Å². The number of carbonyl (C=O) groups excluding carboxylic acids is 1. The maximum absolute atomic E-state index is 11.7. The summed E-state index contributed by atoms with van der Waals surface area (Å²) in [5.74, 6) is 0.159. The van der Waals surface area contributed by atoms with E-state index in [4.69, 9.17) is 0 Å². The standard InChI is InChI=1S/C15H32N2O/c1-6-7-8-10-15(4,5)12-17-14(18)9-11-16-13(2)3/h13,16H,6-12H2,1-5H3,(H,17,18). The molecule has 0 aromatic heterocycles. The summed E-state index contributed by atoms with van der Waals surface area (Å²) in [5.41, 5.74) is 0.219. The van der Waals surface area contributed by atoms with Gasteiger partial charge in [0.15, 0.2) is 0 Å². The van der Waals surface area contributed by atoms with E-state index in [2.05, 4.69) is 45.3 Å². The summed E-state index contributed by atoms with van der Waals surface area (Å²) in [7, 11) is 0. The third kappa shape index (κ3) is 10.6. The molecule has 0 aromatic rings. The molecule has 0 radical (unpaired) electrons. The van der Waals surface area contributed by atoms with Crippen LogP contribution in [-0.4, -0.2) is 25.0 Å². The zero-order chi connectivity index (χ0) is 14.0. The third-order valence-corrected chi connectivity index (χ3v) is 3.13. The van der Waals surface area contributed by atoms with Crippen molar-refractivity contribution in [1.29, 1.82) is 0 Å². The van der Waals surface area contributed by atoms with Gasteiger partial charge in [-0.25, -0.2) is 0 Å². The normalized spacial score (nSPS) is 11.9. The molecule has 0 aliphatic heterocycles. The summed E-state index contributed by atoms with van der Waals surface area (Å²) < 4.78 is 0. The van der Waals surface area contributed by atoms with E-state index in [0.717, 1.165) is 13.1 Å². The Morgan fingerprint density at radius 1 is 1.22 bits per heavy atom. The fourth-order valence-corrected chi connectivity index (χ4v) is 1.84. The lowest BCUT2D eigenvalue weighted by atomic mass is 9.87. The van der Waals surface area contributed by atoms with Gasteiger partial charge in [-0.3, -0.25) is 4.79 Å². The van der Waals surface area contributed by atoms with Gasteiger partial charge in [-0.1, -0.05) is 53.9 Å². The smallest absolute Gasteiger partial charge is 0.221 e. The minimum Gasteiger partial charge on any atom is -0.356 e. The zero-order valence-electron chi connectivity index (χ0n) is 12.9. The molecule has 3 heteroatoms. The van der Waals surface area contributed by atoms with Crippen LogP contribution in [0.5, 0.6) is 0 Å². The van der Waals surface area contributed by atoms with Gasteiger partial charge in [0.1, 0.15) is 0 Å². The van der Waals surface area contributed by atoms with Gasteiger partial charge in [0.25, 0.3) is 0 Å². The van der Waals surface area contributed by atoms with Crippen LogP contribution in [0.15, 0.2) is 0 Å². The molecule has 0 fully saturated rings. The molecule has 0 spiro atoms. The molecule has 0 rings (SSSR count). The first-order valence-corrected chi connectivity index (χ1v) is 7.37. The second-order valence-electron chi connectivity index (χ2n) is 6.26. The van der Waals surface area contributed by atoms with Crippen molar-refractivity contribution in [3.05, 3.63) is 0 Å².